The molecule has 5 heteroatoms. The fourth-order valence-corrected chi connectivity index (χ4v) is 2.30. The number of rotatable bonds is 7. The van der Waals surface area contributed by atoms with Crippen LogP contribution in [-0.4, -0.2) is 28.7 Å². The summed E-state index contributed by atoms with van der Waals surface area (Å²) < 4.78 is 5.49. The Kier molecular flexibility index (Phi) is 6.22. The number of aliphatic carboxylic acids is 1. The highest BCUT2D eigenvalue weighted by molar-refractivity contribution is 7.99. The summed E-state index contributed by atoms with van der Waals surface area (Å²) in [5, 5.41) is 9.29. The molecule has 1 N–H and O–H groups in total. The van der Waals surface area contributed by atoms with Gasteiger partial charge >= 0.3 is 5.97 Å². The van der Waals surface area contributed by atoms with Gasteiger partial charge in [-0.3, -0.25) is 4.79 Å². The number of thioether (sulfide) groups is 1. The molecule has 0 spiro atoms. The van der Waals surface area contributed by atoms with Crippen LogP contribution < -0.4 is 4.74 Å². The van der Waals surface area contributed by atoms with Crippen LogP contribution >= 0.6 is 23.4 Å². The quantitative estimate of drug-likeness (QED) is 0.775. The Morgan fingerprint density at radius 3 is 2.88 bits per heavy atom. The molecule has 1 rings (SSSR count). The predicted molar refractivity (Wildman–Crippen MR) is 71.1 cm³/mol. The summed E-state index contributed by atoms with van der Waals surface area (Å²) in [6.45, 7) is 2.42. The topological polar surface area (TPSA) is 46.5 Å². The van der Waals surface area contributed by atoms with Gasteiger partial charge in [0.1, 0.15) is 5.75 Å². The van der Waals surface area contributed by atoms with Gasteiger partial charge in [0.15, 0.2) is 0 Å². The van der Waals surface area contributed by atoms with Crippen molar-refractivity contribution in [2.75, 3.05) is 12.4 Å². The van der Waals surface area contributed by atoms with Gasteiger partial charge in [0.25, 0.3) is 0 Å². The van der Waals surface area contributed by atoms with Crippen LogP contribution in [-0.2, 0) is 4.79 Å². The fourth-order valence-electron chi connectivity index (χ4n) is 1.27. The first-order valence-corrected chi connectivity index (χ1v) is 6.73. The van der Waals surface area contributed by atoms with Crippen LogP contribution in [0, 0.1) is 0 Å². The zero-order valence-electron chi connectivity index (χ0n) is 9.56. The Bertz CT molecular complexity index is 371. The molecule has 0 heterocycles. The third-order valence-electron chi connectivity index (χ3n) is 2.04. The van der Waals surface area contributed by atoms with Crippen LogP contribution in [0.1, 0.15) is 13.3 Å². The van der Waals surface area contributed by atoms with Crippen LogP contribution in [0.15, 0.2) is 24.3 Å². The third-order valence-corrected chi connectivity index (χ3v) is 3.49. The summed E-state index contributed by atoms with van der Waals surface area (Å²) in [5.74, 6) is 0.650. The molecule has 0 aliphatic heterocycles. The van der Waals surface area contributed by atoms with Crippen molar-refractivity contribution in [1.82, 2.24) is 0 Å². The lowest BCUT2D eigenvalue weighted by Gasteiger charge is -2.10. The Morgan fingerprint density at radius 2 is 2.24 bits per heavy atom. The maximum atomic E-state index is 10.4. The van der Waals surface area contributed by atoms with Crippen molar-refractivity contribution >= 4 is 29.3 Å². The van der Waals surface area contributed by atoms with Crippen LogP contribution in [0.25, 0.3) is 0 Å². The zero-order valence-corrected chi connectivity index (χ0v) is 11.1. The Balaban J connectivity index is 2.20. The Morgan fingerprint density at radius 1 is 1.53 bits per heavy atom. The molecule has 0 saturated heterocycles. The number of ether oxygens (including phenoxy) is 1. The number of benzene rings is 1. The molecule has 0 aromatic heterocycles. The normalized spacial score (nSPS) is 12.1. The van der Waals surface area contributed by atoms with Gasteiger partial charge in [-0.1, -0.05) is 30.7 Å². The number of hydrogen-bond donors (Lipinski definition) is 1. The first-order chi connectivity index (χ1) is 8.09. The van der Waals surface area contributed by atoms with E-state index in [1.165, 1.54) is 0 Å². The third kappa shape index (κ3) is 5.84. The minimum atomic E-state index is -0.767. The summed E-state index contributed by atoms with van der Waals surface area (Å²) in [6, 6.07) is 7.30. The predicted octanol–water partition coefficient (Wildman–Crippen LogP) is 3.32. The monoisotopic (exact) mass is 274 g/mol. The van der Waals surface area contributed by atoms with E-state index in [2.05, 4.69) is 0 Å². The van der Waals surface area contributed by atoms with Gasteiger partial charge in [0.2, 0.25) is 0 Å². The van der Waals surface area contributed by atoms with E-state index < -0.39 is 5.97 Å². The van der Waals surface area contributed by atoms with Crippen molar-refractivity contribution in [3.05, 3.63) is 29.3 Å². The number of hydrogen-bond acceptors (Lipinski definition) is 3. The van der Waals surface area contributed by atoms with Gasteiger partial charge in [-0.2, -0.15) is 11.8 Å². The van der Waals surface area contributed by atoms with E-state index in [0.717, 1.165) is 5.75 Å². The van der Waals surface area contributed by atoms with Gasteiger partial charge in [-0.05, 0) is 12.1 Å². The largest absolute Gasteiger partial charge is 0.491 e. The van der Waals surface area contributed by atoms with Crippen LogP contribution in [0.5, 0.6) is 5.75 Å². The number of carboxylic acid groups (broad SMARTS) is 1. The molecular formula is C12H15ClO3S. The fraction of sp³-hybridized carbons (Fsp3) is 0.417. The van der Waals surface area contributed by atoms with Crippen molar-refractivity contribution in [3.63, 3.8) is 0 Å². The highest BCUT2D eigenvalue weighted by atomic mass is 35.5. The maximum absolute atomic E-state index is 10.4. The minimum absolute atomic E-state index is 0.0994. The van der Waals surface area contributed by atoms with Gasteiger partial charge in [-0.15, -0.1) is 0 Å². The summed E-state index contributed by atoms with van der Waals surface area (Å²) in [6.07, 6.45) is 0.177. The smallest absolute Gasteiger partial charge is 0.304 e. The number of para-hydroxylation sites is 1. The number of carboxylic acids is 1. The summed E-state index contributed by atoms with van der Waals surface area (Å²) in [4.78, 5) is 10.4. The molecule has 94 valence electrons. The molecule has 0 aliphatic rings. The molecular weight excluding hydrogens is 260 g/mol. The van der Waals surface area contributed by atoms with Gasteiger partial charge in [0, 0.05) is 11.0 Å². The number of halogens is 1. The van der Waals surface area contributed by atoms with E-state index in [0.29, 0.717) is 17.4 Å². The van der Waals surface area contributed by atoms with E-state index >= 15 is 0 Å². The van der Waals surface area contributed by atoms with Gasteiger partial charge in [-0.25, -0.2) is 0 Å². The average Bonchev–Trinajstić information content (AvgIpc) is 2.25. The molecule has 0 fully saturated rings. The van der Waals surface area contributed by atoms with Crippen LogP contribution in [0.2, 0.25) is 5.02 Å². The van der Waals surface area contributed by atoms with Crippen molar-refractivity contribution in [2.24, 2.45) is 0 Å². The number of carbonyl (C=O) groups is 1. The summed E-state index contributed by atoms with van der Waals surface area (Å²) in [5.41, 5.74) is 0. The second-order valence-electron chi connectivity index (χ2n) is 3.56. The molecule has 1 aromatic carbocycles. The van der Waals surface area contributed by atoms with E-state index in [4.69, 9.17) is 21.4 Å². The molecule has 0 aliphatic carbocycles. The second-order valence-corrected chi connectivity index (χ2v) is 5.51. The first-order valence-electron chi connectivity index (χ1n) is 5.30. The highest BCUT2D eigenvalue weighted by Gasteiger charge is 2.07. The molecule has 17 heavy (non-hydrogen) atoms. The Hall–Kier alpha value is -0.870. The first kappa shape index (κ1) is 14.2. The average molecular weight is 275 g/mol. The lowest BCUT2D eigenvalue weighted by molar-refractivity contribution is -0.136. The van der Waals surface area contributed by atoms with Gasteiger partial charge in [0.05, 0.1) is 18.1 Å². The molecule has 1 aromatic rings. The van der Waals surface area contributed by atoms with Crippen molar-refractivity contribution < 1.29 is 14.6 Å². The second kappa shape index (κ2) is 7.45. The lowest BCUT2D eigenvalue weighted by atomic mass is 10.3. The zero-order chi connectivity index (χ0) is 12.7. The van der Waals surface area contributed by atoms with E-state index in [1.54, 1.807) is 17.8 Å². The van der Waals surface area contributed by atoms with Crippen LogP contribution in [0.4, 0.5) is 0 Å². The molecule has 3 nitrogen and oxygen atoms in total. The molecule has 0 radical (unpaired) electrons. The standard InChI is InChI=1S/C12H15ClO3S/c1-9(8-12(14)15)17-7-6-16-11-5-3-2-4-10(11)13/h2-5,9H,6-8H2,1H3,(H,14,15). The van der Waals surface area contributed by atoms with Crippen molar-refractivity contribution in [1.29, 1.82) is 0 Å². The highest BCUT2D eigenvalue weighted by Crippen LogP contribution is 2.23. The molecule has 1 unspecified atom stereocenters. The summed E-state index contributed by atoms with van der Waals surface area (Å²) >= 11 is 7.51. The lowest BCUT2D eigenvalue weighted by Crippen LogP contribution is -2.09. The molecule has 0 amide bonds. The van der Waals surface area contributed by atoms with Gasteiger partial charge < -0.3 is 9.84 Å². The minimum Gasteiger partial charge on any atom is -0.491 e. The van der Waals surface area contributed by atoms with E-state index in [1.807, 2.05) is 25.1 Å². The van der Waals surface area contributed by atoms with E-state index in [9.17, 15) is 4.79 Å². The molecule has 1 atom stereocenters. The SMILES string of the molecule is CC(CC(=O)O)SCCOc1ccccc1Cl. The van der Waals surface area contributed by atoms with Crippen molar-refractivity contribution in [2.45, 2.75) is 18.6 Å². The molecule has 0 bridgehead atoms. The Labute approximate surface area is 110 Å². The summed E-state index contributed by atoms with van der Waals surface area (Å²) in [7, 11) is 0. The van der Waals surface area contributed by atoms with Crippen molar-refractivity contribution in [3.8, 4) is 5.75 Å². The van der Waals surface area contributed by atoms with E-state index in [-0.39, 0.29) is 11.7 Å². The van der Waals surface area contributed by atoms with Crippen LogP contribution in [0.3, 0.4) is 0 Å². The maximum Gasteiger partial charge on any atom is 0.304 e. The molecule has 0 saturated carbocycles.